The number of benzene rings is 1. The standard InChI is InChI=1S/C14H20N2O2.ClH/c17-14(16-10-12-6-8-15-9-7-12)18-11-13-4-2-1-3-5-13;/h1-5,12,15H,6-11H2,(H,16,17);1H. The molecular weight excluding hydrogens is 264 g/mol. The quantitative estimate of drug-likeness (QED) is 0.892. The van der Waals surface area contributed by atoms with Crippen molar-refractivity contribution in [3.63, 3.8) is 0 Å². The Labute approximate surface area is 120 Å². The molecular formula is C14H21ClN2O2. The lowest BCUT2D eigenvalue weighted by Crippen LogP contribution is -2.36. The van der Waals surface area contributed by atoms with Crippen LogP contribution in [0.1, 0.15) is 18.4 Å². The van der Waals surface area contributed by atoms with Crippen molar-refractivity contribution in [2.75, 3.05) is 19.6 Å². The molecule has 4 nitrogen and oxygen atoms in total. The van der Waals surface area contributed by atoms with E-state index < -0.39 is 0 Å². The average Bonchev–Trinajstić information content (AvgIpc) is 2.45. The normalized spacial score (nSPS) is 15.4. The van der Waals surface area contributed by atoms with Crippen LogP contribution in [0, 0.1) is 5.92 Å². The third-order valence-electron chi connectivity index (χ3n) is 3.21. The Morgan fingerprint density at radius 2 is 1.95 bits per heavy atom. The molecule has 0 spiro atoms. The van der Waals surface area contributed by atoms with Crippen LogP contribution in [0.3, 0.4) is 0 Å². The molecule has 0 aromatic heterocycles. The monoisotopic (exact) mass is 284 g/mol. The van der Waals surface area contributed by atoms with E-state index in [-0.39, 0.29) is 18.5 Å². The van der Waals surface area contributed by atoms with E-state index in [2.05, 4.69) is 10.6 Å². The zero-order chi connectivity index (χ0) is 12.6. The highest BCUT2D eigenvalue weighted by molar-refractivity contribution is 5.85. The maximum atomic E-state index is 11.5. The van der Waals surface area contributed by atoms with Gasteiger partial charge in [0.1, 0.15) is 6.61 Å². The van der Waals surface area contributed by atoms with Gasteiger partial charge in [-0.05, 0) is 37.4 Å². The summed E-state index contributed by atoms with van der Waals surface area (Å²) in [6.45, 7) is 3.14. The van der Waals surface area contributed by atoms with Gasteiger partial charge in [0.2, 0.25) is 0 Å². The van der Waals surface area contributed by atoms with Gasteiger partial charge in [-0.2, -0.15) is 0 Å². The minimum atomic E-state index is -0.322. The van der Waals surface area contributed by atoms with Gasteiger partial charge in [-0.25, -0.2) is 4.79 Å². The van der Waals surface area contributed by atoms with Crippen LogP contribution >= 0.6 is 12.4 Å². The fourth-order valence-corrected chi connectivity index (χ4v) is 2.09. The highest BCUT2D eigenvalue weighted by atomic mass is 35.5. The second kappa shape index (κ2) is 8.77. The fourth-order valence-electron chi connectivity index (χ4n) is 2.09. The number of hydrogen-bond acceptors (Lipinski definition) is 3. The predicted octanol–water partition coefficient (Wildman–Crippen LogP) is 2.33. The first-order valence-electron chi connectivity index (χ1n) is 6.50. The fraction of sp³-hybridized carbons (Fsp3) is 0.500. The third kappa shape index (κ3) is 5.94. The summed E-state index contributed by atoms with van der Waals surface area (Å²) in [5.74, 6) is 0.579. The number of ether oxygens (including phenoxy) is 1. The SMILES string of the molecule is Cl.O=C(NCC1CCNCC1)OCc1ccccc1. The van der Waals surface area contributed by atoms with E-state index in [4.69, 9.17) is 4.74 Å². The first-order chi connectivity index (χ1) is 8.84. The summed E-state index contributed by atoms with van der Waals surface area (Å²) in [7, 11) is 0. The van der Waals surface area contributed by atoms with Crippen molar-refractivity contribution >= 4 is 18.5 Å². The van der Waals surface area contributed by atoms with Crippen molar-refractivity contribution in [1.29, 1.82) is 0 Å². The van der Waals surface area contributed by atoms with Crippen LogP contribution in [-0.2, 0) is 11.3 Å². The number of halogens is 1. The lowest BCUT2D eigenvalue weighted by Gasteiger charge is -2.22. The van der Waals surface area contributed by atoms with Crippen molar-refractivity contribution < 1.29 is 9.53 Å². The Hall–Kier alpha value is -1.26. The first kappa shape index (κ1) is 15.8. The van der Waals surface area contributed by atoms with E-state index in [1.807, 2.05) is 30.3 Å². The van der Waals surface area contributed by atoms with Crippen LogP contribution in [0.2, 0.25) is 0 Å². The summed E-state index contributed by atoms with van der Waals surface area (Å²) in [6.07, 6.45) is 1.93. The number of nitrogens with one attached hydrogen (secondary N) is 2. The van der Waals surface area contributed by atoms with Gasteiger partial charge in [-0.1, -0.05) is 30.3 Å². The molecule has 1 aliphatic heterocycles. The molecule has 2 N–H and O–H groups in total. The van der Waals surface area contributed by atoms with Crippen LogP contribution in [0.25, 0.3) is 0 Å². The topological polar surface area (TPSA) is 50.4 Å². The van der Waals surface area contributed by atoms with Gasteiger partial charge in [0.05, 0.1) is 0 Å². The summed E-state index contributed by atoms with van der Waals surface area (Å²) in [5, 5.41) is 6.14. The van der Waals surface area contributed by atoms with Gasteiger partial charge in [0.25, 0.3) is 0 Å². The van der Waals surface area contributed by atoms with Crippen molar-refractivity contribution in [2.45, 2.75) is 19.4 Å². The largest absolute Gasteiger partial charge is 0.445 e. The Balaban J connectivity index is 0.00000180. The van der Waals surface area contributed by atoms with Crippen molar-refractivity contribution in [2.24, 2.45) is 5.92 Å². The van der Waals surface area contributed by atoms with Crippen molar-refractivity contribution in [1.82, 2.24) is 10.6 Å². The Morgan fingerprint density at radius 3 is 2.63 bits per heavy atom. The summed E-state index contributed by atoms with van der Waals surface area (Å²) in [5.41, 5.74) is 1.01. The summed E-state index contributed by atoms with van der Waals surface area (Å²) in [4.78, 5) is 11.5. The molecule has 0 unspecified atom stereocenters. The van der Waals surface area contributed by atoms with E-state index in [0.717, 1.165) is 38.0 Å². The van der Waals surface area contributed by atoms with E-state index in [9.17, 15) is 4.79 Å². The Kier molecular flexibility index (Phi) is 7.30. The summed E-state index contributed by atoms with van der Waals surface area (Å²) < 4.78 is 5.15. The van der Waals surface area contributed by atoms with Crippen molar-refractivity contribution in [3.8, 4) is 0 Å². The predicted molar refractivity (Wildman–Crippen MR) is 77.5 cm³/mol. The molecule has 1 aromatic rings. The lowest BCUT2D eigenvalue weighted by molar-refractivity contribution is 0.137. The van der Waals surface area contributed by atoms with Gasteiger partial charge in [0, 0.05) is 6.54 Å². The lowest BCUT2D eigenvalue weighted by atomic mass is 9.98. The van der Waals surface area contributed by atoms with Crippen LogP contribution in [0.15, 0.2) is 30.3 Å². The number of amides is 1. The highest BCUT2D eigenvalue weighted by Gasteiger charge is 2.14. The van der Waals surface area contributed by atoms with Crippen molar-refractivity contribution in [3.05, 3.63) is 35.9 Å². The van der Waals surface area contributed by atoms with Crippen LogP contribution in [-0.4, -0.2) is 25.7 Å². The molecule has 1 amide bonds. The molecule has 0 aliphatic carbocycles. The zero-order valence-electron chi connectivity index (χ0n) is 10.9. The number of carbonyl (C=O) groups is 1. The Bertz CT molecular complexity index is 367. The van der Waals surface area contributed by atoms with Crippen LogP contribution in [0.5, 0.6) is 0 Å². The number of hydrogen-bond donors (Lipinski definition) is 2. The van der Waals surface area contributed by atoms with Gasteiger partial charge in [-0.15, -0.1) is 12.4 Å². The molecule has 0 saturated carbocycles. The molecule has 1 heterocycles. The van der Waals surface area contributed by atoms with E-state index >= 15 is 0 Å². The molecule has 0 radical (unpaired) electrons. The maximum Gasteiger partial charge on any atom is 0.407 e. The molecule has 106 valence electrons. The highest BCUT2D eigenvalue weighted by Crippen LogP contribution is 2.09. The van der Waals surface area contributed by atoms with E-state index in [1.165, 1.54) is 0 Å². The Morgan fingerprint density at radius 1 is 1.26 bits per heavy atom. The van der Waals surface area contributed by atoms with Gasteiger partial charge >= 0.3 is 6.09 Å². The molecule has 1 aromatic carbocycles. The minimum Gasteiger partial charge on any atom is -0.445 e. The summed E-state index contributed by atoms with van der Waals surface area (Å²) in [6, 6.07) is 9.71. The molecule has 1 fully saturated rings. The van der Waals surface area contributed by atoms with Crippen LogP contribution in [0.4, 0.5) is 4.79 Å². The molecule has 0 atom stereocenters. The first-order valence-corrected chi connectivity index (χ1v) is 6.50. The molecule has 19 heavy (non-hydrogen) atoms. The molecule has 5 heteroatoms. The maximum absolute atomic E-state index is 11.5. The number of carbonyl (C=O) groups excluding carboxylic acids is 1. The second-order valence-corrected chi connectivity index (χ2v) is 4.64. The van der Waals surface area contributed by atoms with Gasteiger partial charge in [0.15, 0.2) is 0 Å². The molecule has 0 bridgehead atoms. The minimum absolute atomic E-state index is 0. The van der Waals surface area contributed by atoms with Gasteiger partial charge < -0.3 is 15.4 Å². The number of rotatable bonds is 4. The second-order valence-electron chi connectivity index (χ2n) is 4.64. The smallest absolute Gasteiger partial charge is 0.407 e. The third-order valence-corrected chi connectivity index (χ3v) is 3.21. The number of piperidine rings is 1. The van der Waals surface area contributed by atoms with E-state index in [0.29, 0.717) is 12.5 Å². The molecule has 1 saturated heterocycles. The average molecular weight is 285 g/mol. The van der Waals surface area contributed by atoms with Crippen LogP contribution < -0.4 is 10.6 Å². The zero-order valence-corrected chi connectivity index (χ0v) is 11.7. The van der Waals surface area contributed by atoms with Gasteiger partial charge in [-0.3, -0.25) is 0 Å². The molecule has 2 rings (SSSR count). The van der Waals surface area contributed by atoms with E-state index in [1.54, 1.807) is 0 Å². The molecule has 1 aliphatic rings. The summed E-state index contributed by atoms with van der Waals surface area (Å²) >= 11 is 0. The number of alkyl carbamates (subject to hydrolysis) is 1.